The Morgan fingerprint density at radius 2 is 2.19 bits per heavy atom. The molecule has 2 atom stereocenters. The number of rotatable bonds is 4. The molecule has 2 heteroatoms. The molecule has 16 heavy (non-hydrogen) atoms. The highest BCUT2D eigenvalue weighted by molar-refractivity contribution is 5.77. The molecule has 0 bridgehead atoms. The van der Waals surface area contributed by atoms with Crippen molar-refractivity contribution in [2.24, 2.45) is 11.8 Å². The van der Waals surface area contributed by atoms with Crippen LogP contribution in [-0.2, 0) is 6.54 Å². The average Bonchev–Trinajstić information content (AvgIpc) is 2.84. The average molecular weight is 215 g/mol. The molecule has 0 spiro atoms. The van der Waals surface area contributed by atoms with Crippen molar-refractivity contribution in [3.05, 3.63) is 36.1 Å². The third-order valence-corrected chi connectivity index (χ3v) is 3.46. The number of nitrogens with one attached hydrogen (secondary N) is 1. The third kappa shape index (κ3) is 1.98. The summed E-state index contributed by atoms with van der Waals surface area (Å²) in [6.45, 7) is 4.28. The van der Waals surface area contributed by atoms with Crippen LogP contribution in [0.4, 0.5) is 0 Å². The first kappa shape index (κ1) is 9.91. The summed E-state index contributed by atoms with van der Waals surface area (Å²) in [5.74, 6) is 2.85. The molecule has 1 N–H and O–H groups in total. The number of furan rings is 1. The van der Waals surface area contributed by atoms with Crippen molar-refractivity contribution in [3.8, 4) is 0 Å². The van der Waals surface area contributed by atoms with E-state index < -0.39 is 0 Å². The second-order valence-corrected chi connectivity index (χ2v) is 4.85. The van der Waals surface area contributed by atoms with Gasteiger partial charge in [0.15, 0.2) is 0 Å². The maximum absolute atomic E-state index is 5.73. The monoisotopic (exact) mass is 215 g/mol. The topological polar surface area (TPSA) is 25.2 Å². The fraction of sp³-hybridized carbons (Fsp3) is 0.429. The lowest BCUT2D eigenvalue weighted by atomic mass is 10.2. The molecular formula is C14H17NO. The van der Waals surface area contributed by atoms with Gasteiger partial charge >= 0.3 is 0 Å². The minimum atomic E-state index is 0.845. The summed E-state index contributed by atoms with van der Waals surface area (Å²) in [4.78, 5) is 0. The van der Waals surface area contributed by atoms with E-state index in [1.165, 1.54) is 11.8 Å². The quantitative estimate of drug-likeness (QED) is 0.847. The number of fused-ring (bicyclic) bond motifs is 1. The van der Waals surface area contributed by atoms with Gasteiger partial charge in [0.2, 0.25) is 0 Å². The van der Waals surface area contributed by atoms with Crippen molar-refractivity contribution in [3.63, 3.8) is 0 Å². The minimum absolute atomic E-state index is 0.845. The first-order valence-electron chi connectivity index (χ1n) is 6.01. The van der Waals surface area contributed by atoms with Gasteiger partial charge in [-0.15, -0.1) is 0 Å². The maximum atomic E-state index is 5.73. The van der Waals surface area contributed by atoms with Gasteiger partial charge in [-0.3, -0.25) is 0 Å². The lowest BCUT2D eigenvalue weighted by molar-refractivity contribution is 0.502. The smallest absolute Gasteiger partial charge is 0.134 e. The Kier molecular flexibility index (Phi) is 2.44. The van der Waals surface area contributed by atoms with Crippen molar-refractivity contribution < 1.29 is 4.42 Å². The Labute approximate surface area is 95.6 Å². The highest BCUT2D eigenvalue weighted by atomic mass is 16.3. The van der Waals surface area contributed by atoms with E-state index in [9.17, 15) is 0 Å². The summed E-state index contributed by atoms with van der Waals surface area (Å²) in [6, 6.07) is 10.3. The highest BCUT2D eigenvalue weighted by Gasteiger charge is 2.31. The van der Waals surface area contributed by atoms with E-state index in [4.69, 9.17) is 4.42 Å². The molecule has 2 nitrogen and oxygen atoms in total. The molecule has 1 aromatic carbocycles. The number of hydrogen-bond acceptors (Lipinski definition) is 2. The zero-order valence-corrected chi connectivity index (χ0v) is 9.57. The van der Waals surface area contributed by atoms with Gasteiger partial charge in [0.05, 0.1) is 6.54 Å². The number of para-hydroxylation sites is 1. The summed E-state index contributed by atoms with van der Waals surface area (Å²) in [5.41, 5.74) is 0.985. The lowest BCUT2D eigenvalue weighted by Gasteiger charge is -1.99. The van der Waals surface area contributed by atoms with Crippen molar-refractivity contribution in [1.82, 2.24) is 5.32 Å². The molecular weight excluding hydrogens is 198 g/mol. The Hall–Kier alpha value is -1.28. The molecule has 2 unspecified atom stereocenters. The molecule has 1 heterocycles. The molecule has 1 fully saturated rings. The summed E-state index contributed by atoms with van der Waals surface area (Å²) >= 11 is 0. The molecule has 1 aliphatic carbocycles. The van der Waals surface area contributed by atoms with Crippen LogP contribution in [0.1, 0.15) is 19.1 Å². The molecule has 0 saturated heterocycles. The number of hydrogen-bond donors (Lipinski definition) is 1. The second-order valence-electron chi connectivity index (χ2n) is 4.85. The predicted molar refractivity (Wildman–Crippen MR) is 65.2 cm³/mol. The Balaban J connectivity index is 1.61. The van der Waals surface area contributed by atoms with Gasteiger partial charge in [-0.2, -0.15) is 0 Å². The van der Waals surface area contributed by atoms with Gasteiger partial charge in [0.25, 0.3) is 0 Å². The zero-order chi connectivity index (χ0) is 11.0. The molecule has 1 aromatic heterocycles. The summed E-state index contributed by atoms with van der Waals surface area (Å²) in [6.07, 6.45) is 1.38. The van der Waals surface area contributed by atoms with Crippen LogP contribution in [0.15, 0.2) is 34.7 Å². The Morgan fingerprint density at radius 1 is 1.38 bits per heavy atom. The van der Waals surface area contributed by atoms with Crippen LogP contribution in [0.25, 0.3) is 11.0 Å². The zero-order valence-electron chi connectivity index (χ0n) is 9.57. The van der Waals surface area contributed by atoms with Gasteiger partial charge in [0.1, 0.15) is 11.3 Å². The van der Waals surface area contributed by atoms with Gasteiger partial charge in [0, 0.05) is 5.39 Å². The first-order chi connectivity index (χ1) is 7.83. The van der Waals surface area contributed by atoms with Crippen LogP contribution in [0.3, 0.4) is 0 Å². The molecule has 0 amide bonds. The molecule has 0 aliphatic heterocycles. The fourth-order valence-corrected chi connectivity index (χ4v) is 2.19. The van der Waals surface area contributed by atoms with E-state index >= 15 is 0 Å². The van der Waals surface area contributed by atoms with Crippen LogP contribution in [0.2, 0.25) is 0 Å². The van der Waals surface area contributed by atoms with E-state index in [0.717, 1.165) is 36.3 Å². The predicted octanol–water partition coefficient (Wildman–Crippen LogP) is 3.18. The fourth-order valence-electron chi connectivity index (χ4n) is 2.19. The summed E-state index contributed by atoms with van der Waals surface area (Å²) in [7, 11) is 0. The van der Waals surface area contributed by atoms with Gasteiger partial charge in [-0.05, 0) is 36.9 Å². The molecule has 84 valence electrons. The lowest BCUT2D eigenvalue weighted by Crippen LogP contribution is -2.16. The Bertz CT molecular complexity index is 455. The van der Waals surface area contributed by atoms with Gasteiger partial charge in [-0.1, -0.05) is 25.1 Å². The Morgan fingerprint density at radius 3 is 2.94 bits per heavy atom. The van der Waals surface area contributed by atoms with Crippen molar-refractivity contribution in [2.75, 3.05) is 6.54 Å². The van der Waals surface area contributed by atoms with Crippen LogP contribution in [0.5, 0.6) is 0 Å². The van der Waals surface area contributed by atoms with E-state index in [0.29, 0.717) is 0 Å². The molecule has 3 rings (SSSR count). The van der Waals surface area contributed by atoms with Crippen LogP contribution in [0, 0.1) is 11.8 Å². The van der Waals surface area contributed by atoms with Crippen LogP contribution < -0.4 is 5.32 Å². The van der Waals surface area contributed by atoms with E-state index in [1.54, 1.807) is 0 Å². The standard InChI is InChI=1S/C14H17NO/c1-10-6-12(10)8-15-9-13-7-11-4-2-3-5-14(11)16-13/h2-5,7,10,12,15H,6,8-9H2,1H3. The van der Waals surface area contributed by atoms with Crippen molar-refractivity contribution in [1.29, 1.82) is 0 Å². The summed E-state index contributed by atoms with van der Waals surface area (Å²) < 4.78 is 5.73. The first-order valence-corrected chi connectivity index (χ1v) is 6.01. The van der Waals surface area contributed by atoms with E-state index in [-0.39, 0.29) is 0 Å². The number of benzene rings is 1. The molecule has 0 radical (unpaired) electrons. The molecule has 2 aromatic rings. The van der Waals surface area contributed by atoms with Crippen molar-refractivity contribution in [2.45, 2.75) is 19.9 Å². The highest BCUT2D eigenvalue weighted by Crippen LogP contribution is 2.36. The SMILES string of the molecule is CC1CC1CNCc1cc2ccccc2o1. The van der Waals surface area contributed by atoms with Crippen molar-refractivity contribution >= 4 is 11.0 Å². The minimum Gasteiger partial charge on any atom is -0.460 e. The van der Waals surface area contributed by atoms with Crippen LogP contribution >= 0.6 is 0 Å². The van der Waals surface area contributed by atoms with E-state index in [2.05, 4.69) is 24.4 Å². The third-order valence-electron chi connectivity index (χ3n) is 3.46. The van der Waals surface area contributed by atoms with Gasteiger partial charge in [-0.25, -0.2) is 0 Å². The molecule has 1 saturated carbocycles. The summed E-state index contributed by atoms with van der Waals surface area (Å²) in [5, 5.41) is 4.65. The van der Waals surface area contributed by atoms with Crippen LogP contribution in [-0.4, -0.2) is 6.54 Å². The second kappa shape index (κ2) is 3.95. The van der Waals surface area contributed by atoms with Gasteiger partial charge < -0.3 is 9.73 Å². The molecule has 1 aliphatic rings. The van der Waals surface area contributed by atoms with E-state index in [1.807, 2.05) is 18.2 Å². The normalized spacial score (nSPS) is 23.8. The largest absolute Gasteiger partial charge is 0.460 e. The maximum Gasteiger partial charge on any atom is 0.134 e.